The van der Waals surface area contributed by atoms with Crippen molar-refractivity contribution in [2.45, 2.75) is 68.8 Å². The molecule has 1 aromatic carbocycles. The zero-order valence-corrected chi connectivity index (χ0v) is 19.3. The Labute approximate surface area is 195 Å². The Morgan fingerprint density at radius 1 is 1.33 bits per heavy atom. The van der Waals surface area contributed by atoms with Gasteiger partial charge in [-0.25, -0.2) is 4.39 Å². The molecule has 178 valence electrons. The highest BCUT2D eigenvalue weighted by molar-refractivity contribution is 5.83. The number of carbonyl (C=O) groups excluding carboxylic acids is 1. The van der Waals surface area contributed by atoms with Crippen molar-refractivity contribution in [2.24, 2.45) is 5.92 Å². The highest BCUT2D eigenvalue weighted by Gasteiger charge is 2.43. The lowest BCUT2D eigenvalue weighted by Crippen LogP contribution is -2.50. The van der Waals surface area contributed by atoms with E-state index in [0.717, 1.165) is 57.5 Å². The number of hydrogen-bond donors (Lipinski definition) is 2. The van der Waals surface area contributed by atoms with Crippen LogP contribution in [0, 0.1) is 23.1 Å². The van der Waals surface area contributed by atoms with E-state index < -0.39 is 6.04 Å². The minimum atomic E-state index is -0.610. The molecule has 6 atom stereocenters. The number of rotatable bonds is 7. The van der Waals surface area contributed by atoms with E-state index >= 15 is 0 Å². The lowest BCUT2D eigenvalue weighted by molar-refractivity contribution is -0.124. The highest BCUT2D eigenvalue weighted by atomic mass is 19.1. The summed E-state index contributed by atoms with van der Waals surface area (Å²) in [5.74, 6) is 0.0473. The fourth-order valence-electron chi connectivity index (χ4n) is 6.22. The molecule has 3 aliphatic heterocycles. The number of benzene rings is 1. The van der Waals surface area contributed by atoms with Gasteiger partial charge >= 0.3 is 0 Å². The van der Waals surface area contributed by atoms with Gasteiger partial charge in [-0.05, 0) is 62.1 Å². The molecule has 2 N–H and O–H groups in total. The average molecular weight is 456 g/mol. The molecule has 1 amide bonds. The lowest BCUT2D eigenvalue weighted by Gasteiger charge is -2.38. The quantitative estimate of drug-likeness (QED) is 0.653. The van der Waals surface area contributed by atoms with E-state index in [2.05, 4.69) is 26.5 Å². The number of halogens is 1. The number of nitrogens with zero attached hydrogens (tertiary/aromatic N) is 3. The number of anilines is 1. The Balaban J connectivity index is 1.14. The first kappa shape index (κ1) is 22.6. The van der Waals surface area contributed by atoms with Gasteiger partial charge in [0.2, 0.25) is 5.91 Å². The smallest absolute Gasteiger partial charge is 0.238 e. The third-order valence-electron chi connectivity index (χ3n) is 8.13. The predicted octanol–water partition coefficient (Wildman–Crippen LogP) is 1.82. The van der Waals surface area contributed by atoms with E-state index in [1.54, 1.807) is 13.2 Å². The number of nitriles is 1. The number of fused-ring (bicyclic) bond motifs is 3. The minimum Gasteiger partial charge on any atom is -0.380 e. The Bertz CT molecular complexity index is 921. The first-order chi connectivity index (χ1) is 16.0. The van der Waals surface area contributed by atoms with Gasteiger partial charge in [0.1, 0.15) is 11.9 Å². The van der Waals surface area contributed by atoms with Gasteiger partial charge in [0.05, 0.1) is 18.2 Å². The van der Waals surface area contributed by atoms with Crippen molar-refractivity contribution in [1.82, 2.24) is 15.5 Å². The molecule has 1 aliphatic carbocycles. The number of carbonyl (C=O) groups is 1. The molecule has 1 saturated carbocycles. The van der Waals surface area contributed by atoms with Crippen LogP contribution < -0.4 is 15.5 Å². The maximum atomic E-state index is 14.9. The van der Waals surface area contributed by atoms with Crippen LogP contribution in [0.4, 0.5) is 10.1 Å². The molecule has 3 saturated heterocycles. The summed E-state index contributed by atoms with van der Waals surface area (Å²) in [6.07, 6.45) is 5.40. The van der Waals surface area contributed by atoms with E-state index in [9.17, 15) is 14.4 Å². The van der Waals surface area contributed by atoms with E-state index in [-0.39, 0.29) is 17.8 Å². The van der Waals surface area contributed by atoms with Gasteiger partial charge in [0.25, 0.3) is 0 Å². The lowest BCUT2D eigenvalue weighted by atomic mass is 9.98. The van der Waals surface area contributed by atoms with E-state index in [4.69, 9.17) is 4.74 Å². The minimum absolute atomic E-state index is 0.0914. The summed E-state index contributed by atoms with van der Waals surface area (Å²) >= 11 is 0. The van der Waals surface area contributed by atoms with Crippen molar-refractivity contribution in [1.29, 1.82) is 5.26 Å². The fraction of sp³-hybridized carbons (Fsp3) is 0.680. The molecule has 33 heavy (non-hydrogen) atoms. The number of nitrogens with one attached hydrogen (secondary N) is 2. The molecule has 1 aromatic rings. The van der Waals surface area contributed by atoms with Crippen LogP contribution in [0.15, 0.2) is 18.2 Å². The number of aryl methyl sites for hydroxylation is 1. The number of methoxy groups -OCH3 is 1. The van der Waals surface area contributed by atoms with Crippen molar-refractivity contribution in [3.63, 3.8) is 0 Å². The summed E-state index contributed by atoms with van der Waals surface area (Å²) in [6, 6.07) is 7.71. The van der Waals surface area contributed by atoms with Gasteiger partial charge in [-0.3, -0.25) is 9.69 Å². The van der Waals surface area contributed by atoms with E-state index in [1.807, 2.05) is 12.1 Å². The SMILES string of the molecule is COC1CC2CN(c3ccc(CCC(C#N)NC(=O)C4NC5CCC4C5)c(F)c3)CCN2C1. The maximum Gasteiger partial charge on any atom is 0.238 e. The molecule has 3 heterocycles. The monoisotopic (exact) mass is 455 g/mol. The molecule has 0 aromatic heterocycles. The van der Waals surface area contributed by atoms with Gasteiger partial charge < -0.3 is 20.3 Å². The van der Waals surface area contributed by atoms with Crippen LogP contribution in [-0.2, 0) is 16.0 Å². The first-order valence-corrected chi connectivity index (χ1v) is 12.3. The number of piperazine rings is 1. The molecule has 6 unspecified atom stereocenters. The van der Waals surface area contributed by atoms with Crippen molar-refractivity contribution in [3.8, 4) is 6.07 Å². The third-order valence-corrected chi connectivity index (χ3v) is 8.13. The molecule has 4 aliphatic rings. The molecule has 0 spiro atoms. The summed E-state index contributed by atoms with van der Waals surface area (Å²) < 4.78 is 20.4. The number of hydrogen-bond acceptors (Lipinski definition) is 6. The Kier molecular flexibility index (Phi) is 6.55. The van der Waals surface area contributed by atoms with Crippen LogP contribution in [0.5, 0.6) is 0 Å². The van der Waals surface area contributed by atoms with E-state index in [1.165, 1.54) is 0 Å². The summed E-state index contributed by atoms with van der Waals surface area (Å²) in [5.41, 5.74) is 1.49. The number of amides is 1. The van der Waals surface area contributed by atoms with Crippen molar-refractivity contribution in [3.05, 3.63) is 29.6 Å². The summed E-state index contributed by atoms with van der Waals surface area (Å²) in [4.78, 5) is 17.3. The summed E-state index contributed by atoms with van der Waals surface area (Å²) in [6.45, 7) is 3.72. The molecule has 8 heteroatoms. The molecular formula is C25H34FN5O2. The van der Waals surface area contributed by atoms with Crippen LogP contribution in [0.2, 0.25) is 0 Å². The summed E-state index contributed by atoms with van der Waals surface area (Å²) in [5, 5.41) is 15.8. The first-order valence-electron chi connectivity index (χ1n) is 12.3. The topological polar surface area (TPSA) is 80.6 Å². The zero-order valence-electron chi connectivity index (χ0n) is 19.3. The molecular weight excluding hydrogens is 421 g/mol. The second-order valence-corrected chi connectivity index (χ2v) is 10.1. The van der Waals surface area contributed by atoms with Gasteiger partial charge in [-0.1, -0.05) is 6.07 Å². The zero-order chi connectivity index (χ0) is 22.9. The molecule has 5 rings (SSSR count). The Hall–Kier alpha value is -2.21. The van der Waals surface area contributed by atoms with Crippen LogP contribution in [0.25, 0.3) is 0 Å². The predicted molar refractivity (Wildman–Crippen MR) is 123 cm³/mol. The van der Waals surface area contributed by atoms with Gasteiger partial charge in [0.15, 0.2) is 0 Å². The largest absolute Gasteiger partial charge is 0.380 e. The van der Waals surface area contributed by atoms with Crippen LogP contribution in [0.1, 0.15) is 37.7 Å². The second kappa shape index (κ2) is 9.57. The Morgan fingerprint density at radius 3 is 2.91 bits per heavy atom. The van der Waals surface area contributed by atoms with Crippen LogP contribution in [0.3, 0.4) is 0 Å². The van der Waals surface area contributed by atoms with Gasteiger partial charge in [-0.2, -0.15) is 5.26 Å². The molecule has 4 fully saturated rings. The standard InChI is InChI=1S/C25H34FN5O2/c1-33-22-11-21-14-30(8-9-31(21)15-22)20-7-4-16(23(26)12-20)2-6-19(13-27)29-25(32)24-17-3-5-18(10-17)28-24/h4,7,12,17-19,21-22,24,28H,2-3,5-6,8-11,14-15H2,1H3,(H,29,32). The van der Waals surface area contributed by atoms with Crippen LogP contribution >= 0.6 is 0 Å². The average Bonchev–Trinajstić information content (AvgIpc) is 3.57. The van der Waals surface area contributed by atoms with Crippen molar-refractivity contribution < 1.29 is 13.9 Å². The molecule has 2 bridgehead atoms. The van der Waals surface area contributed by atoms with Crippen LogP contribution in [-0.4, -0.2) is 74.4 Å². The van der Waals surface area contributed by atoms with E-state index in [0.29, 0.717) is 42.5 Å². The van der Waals surface area contributed by atoms with Crippen molar-refractivity contribution in [2.75, 3.05) is 38.2 Å². The Morgan fingerprint density at radius 2 is 2.21 bits per heavy atom. The van der Waals surface area contributed by atoms with Crippen molar-refractivity contribution >= 4 is 11.6 Å². The number of ether oxygens (including phenoxy) is 1. The summed E-state index contributed by atoms with van der Waals surface area (Å²) in [7, 11) is 1.77. The van der Waals surface area contributed by atoms with Gasteiger partial charge in [0, 0.05) is 51.1 Å². The second-order valence-electron chi connectivity index (χ2n) is 10.1. The highest BCUT2D eigenvalue weighted by Crippen LogP contribution is 2.35. The molecule has 7 nitrogen and oxygen atoms in total. The number of piperidine rings is 1. The maximum absolute atomic E-state index is 14.9. The normalized spacial score (nSPS) is 31.9. The third kappa shape index (κ3) is 4.72. The fourth-order valence-corrected chi connectivity index (χ4v) is 6.22. The molecule has 0 radical (unpaired) electrons. The van der Waals surface area contributed by atoms with Gasteiger partial charge in [-0.15, -0.1) is 0 Å².